The van der Waals surface area contributed by atoms with Gasteiger partial charge in [0.1, 0.15) is 5.75 Å². The predicted molar refractivity (Wildman–Crippen MR) is 104 cm³/mol. The van der Waals surface area contributed by atoms with E-state index in [-0.39, 0.29) is 18.4 Å². The highest BCUT2D eigenvalue weighted by atomic mass is 32.2. The first-order valence-electron chi connectivity index (χ1n) is 8.70. The Hall–Kier alpha value is -2.47. The molecular formula is C20H22N2O3S. The number of ether oxygens (including phenoxy) is 1. The van der Waals surface area contributed by atoms with Crippen LogP contribution in [0.15, 0.2) is 59.5 Å². The van der Waals surface area contributed by atoms with Crippen LogP contribution in [-0.4, -0.2) is 37.3 Å². The zero-order valence-corrected chi connectivity index (χ0v) is 15.3. The Morgan fingerprint density at radius 2 is 2.00 bits per heavy atom. The van der Waals surface area contributed by atoms with Gasteiger partial charge in [-0.15, -0.1) is 11.8 Å². The summed E-state index contributed by atoms with van der Waals surface area (Å²) in [6, 6.07) is 17.4. The number of benzene rings is 2. The molecule has 5 nitrogen and oxygen atoms in total. The van der Waals surface area contributed by atoms with E-state index in [1.54, 1.807) is 22.7 Å². The van der Waals surface area contributed by atoms with Gasteiger partial charge in [0.05, 0.1) is 0 Å². The third-order valence-corrected chi connectivity index (χ3v) is 5.02. The molecule has 1 aliphatic heterocycles. The lowest BCUT2D eigenvalue weighted by molar-refractivity contribution is -0.123. The van der Waals surface area contributed by atoms with E-state index in [9.17, 15) is 9.59 Å². The molecule has 136 valence electrons. The predicted octanol–water partition coefficient (Wildman–Crippen LogP) is 3.10. The summed E-state index contributed by atoms with van der Waals surface area (Å²) in [5.74, 6) is 1.38. The van der Waals surface area contributed by atoms with Gasteiger partial charge >= 0.3 is 0 Å². The van der Waals surface area contributed by atoms with Crippen LogP contribution in [0.3, 0.4) is 0 Å². The molecule has 0 aliphatic carbocycles. The summed E-state index contributed by atoms with van der Waals surface area (Å²) in [6.07, 6.45) is 1.47. The van der Waals surface area contributed by atoms with Crippen molar-refractivity contribution in [1.29, 1.82) is 0 Å². The van der Waals surface area contributed by atoms with Crippen LogP contribution >= 0.6 is 11.8 Å². The Morgan fingerprint density at radius 1 is 1.15 bits per heavy atom. The molecule has 0 radical (unpaired) electrons. The monoisotopic (exact) mass is 370 g/mol. The fourth-order valence-electron chi connectivity index (χ4n) is 2.74. The fraction of sp³-hybridized carbons (Fsp3) is 0.300. The van der Waals surface area contributed by atoms with Crippen LogP contribution in [-0.2, 0) is 9.59 Å². The molecule has 2 aromatic carbocycles. The van der Waals surface area contributed by atoms with Crippen molar-refractivity contribution >= 4 is 29.3 Å². The molecule has 1 N–H and O–H groups in total. The van der Waals surface area contributed by atoms with E-state index in [1.807, 2.05) is 48.5 Å². The standard InChI is InChI=1S/C20H22N2O3S/c23-19(21-11-13-26-18-8-2-1-3-9-18)15-25-17-7-4-6-16(14-17)22-12-5-10-20(22)24/h1-4,6-9,14H,5,10-13,15H2,(H,21,23). The molecule has 0 bridgehead atoms. The highest BCUT2D eigenvalue weighted by Gasteiger charge is 2.21. The number of hydrogen-bond acceptors (Lipinski definition) is 4. The maximum atomic E-state index is 11.9. The highest BCUT2D eigenvalue weighted by molar-refractivity contribution is 7.99. The normalized spacial score (nSPS) is 13.7. The molecule has 0 saturated carbocycles. The first kappa shape index (κ1) is 18.3. The van der Waals surface area contributed by atoms with Crippen molar-refractivity contribution in [3.8, 4) is 5.75 Å². The van der Waals surface area contributed by atoms with Gasteiger partial charge in [0, 0.05) is 41.9 Å². The topological polar surface area (TPSA) is 58.6 Å². The molecule has 6 heteroatoms. The molecule has 0 spiro atoms. The number of anilines is 1. The number of carbonyl (C=O) groups excluding carboxylic acids is 2. The Labute approximate surface area is 157 Å². The maximum Gasteiger partial charge on any atom is 0.257 e. The molecule has 1 saturated heterocycles. The van der Waals surface area contributed by atoms with E-state index in [2.05, 4.69) is 5.32 Å². The van der Waals surface area contributed by atoms with Crippen molar-refractivity contribution in [3.05, 3.63) is 54.6 Å². The number of hydrogen-bond donors (Lipinski definition) is 1. The van der Waals surface area contributed by atoms with Crippen LogP contribution in [0.5, 0.6) is 5.75 Å². The van der Waals surface area contributed by atoms with Gasteiger partial charge in [-0.25, -0.2) is 0 Å². The highest BCUT2D eigenvalue weighted by Crippen LogP contribution is 2.25. The Kier molecular flexibility index (Phi) is 6.55. The summed E-state index contributed by atoms with van der Waals surface area (Å²) in [5.41, 5.74) is 0.824. The minimum Gasteiger partial charge on any atom is -0.484 e. The summed E-state index contributed by atoms with van der Waals surface area (Å²) >= 11 is 1.70. The van der Waals surface area contributed by atoms with Gasteiger partial charge in [0.15, 0.2) is 6.61 Å². The SMILES string of the molecule is O=C(COc1cccc(N2CCCC2=O)c1)NCCSc1ccccc1. The van der Waals surface area contributed by atoms with Gasteiger partial charge in [0.2, 0.25) is 5.91 Å². The summed E-state index contributed by atoms with van der Waals surface area (Å²) in [6.45, 7) is 1.29. The summed E-state index contributed by atoms with van der Waals surface area (Å²) in [7, 11) is 0. The first-order valence-corrected chi connectivity index (χ1v) is 9.69. The van der Waals surface area contributed by atoms with Gasteiger partial charge in [-0.2, -0.15) is 0 Å². The molecular weight excluding hydrogens is 348 g/mol. The molecule has 1 fully saturated rings. The zero-order valence-electron chi connectivity index (χ0n) is 14.5. The second kappa shape index (κ2) is 9.29. The minimum atomic E-state index is -0.152. The molecule has 2 aromatic rings. The summed E-state index contributed by atoms with van der Waals surface area (Å²) in [4.78, 5) is 26.7. The first-order chi connectivity index (χ1) is 12.7. The van der Waals surface area contributed by atoms with E-state index < -0.39 is 0 Å². The minimum absolute atomic E-state index is 0.0343. The van der Waals surface area contributed by atoms with Gasteiger partial charge in [-0.05, 0) is 30.7 Å². The van der Waals surface area contributed by atoms with Crippen LogP contribution in [0.4, 0.5) is 5.69 Å². The molecule has 1 aliphatic rings. The van der Waals surface area contributed by atoms with E-state index in [0.717, 1.165) is 24.4 Å². The maximum absolute atomic E-state index is 11.9. The molecule has 1 heterocycles. The average molecular weight is 370 g/mol. The second-order valence-corrected chi connectivity index (χ2v) is 7.11. The number of nitrogens with one attached hydrogen (secondary N) is 1. The average Bonchev–Trinajstić information content (AvgIpc) is 3.11. The number of carbonyl (C=O) groups is 2. The van der Waals surface area contributed by atoms with Crippen molar-refractivity contribution in [1.82, 2.24) is 5.32 Å². The molecule has 0 aromatic heterocycles. The van der Waals surface area contributed by atoms with Gasteiger partial charge in [-0.1, -0.05) is 24.3 Å². The third kappa shape index (κ3) is 5.26. The Bertz CT molecular complexity index is 752. The van der Waals surface area contributed by atoms with Crippen LogP contribution in [0.1, 0.15) is 12.8 Å². The second-order valence-electron chi connectivity index (χ2n) is 5.95. The Balaban J connectivity index is 1.39. The van der Waals surface area contributed by atoms with Crippen molar-refractivity contribution in [2.24, 2.45) is 0 Å². The van der Waals surface area contributed by atoms with Gasteiger partial charge in [0.25, 0.3) is 5.91 Å². The van der Waals surface area contributed by atoms with Crippen molar-refractivity contribution in [2.45, 2.75) is 17.7 Å². The number of nitrogens with zero attached hydrogens (tertiary/aromatic N) is 1. The lowest BCUT2D eigenvalue weighted by Crippen LogP contribution is -2.30. The number of amides is 2. The summed E-state index contributed by atoms with van der Waals surface area (Å²) in [5, 5.41) is 2.85. The van der Waals surface area contributed by atoms with Crippen LogP contribution < -0.4 is 15.0 Å². The van der Waals surface area contributed by atoms with E-state index >= 15 is 0 Å². The third-order valence-electron chi connectivity index (χ3n) is 4.01. The largest absolute Gasteiger partial charge is 0.484 e. The van der Waals surface area contributed by atoms with Crippen molar-refractivity contribution in [2.75, 3.05) is 30.3 Å². The van der Waals surface area contributed by atoms with Crippen LogP contribution in [0.25, 0.3) is 0 Å². The molecule has 0 unspecified atom stereocenters. The van der Waals surface area contributed by atoms with Gasteiger partial charge < -0.3 is 15.0 Å². The quantitative estimate of drug-likeness (QED) is 0.573. The van der Waals surface area contributed by atoms with Gasteiger partial charge in [-0.3, -0.25) is 9.59 Å². The molecule has 26 heavy (non-hydrogen) atoms. The van der Waals surface area contributed by atoms with Crippen molar-refractivity contribution < 1.29 is 14.3 Å². The van der Waals surface area contributed by atoms with E-state index in [4.69, 9.17) is 4.74 Å². The lowest BCUT2D eigenvalue weighted by Gasteiger charge is -2.16. The number of thioether (sulfide) groups is 1. The van der Waals surface area contributed by atoms with Crippen LogP contribution in [0.2, 0.25) is 0 Å². The Morgan fingerprint density at radius 3 is 2.77 bits per heavy atom. The zero-order chi connectivity index (χ0) is 18.2. The van der Waals surface area contributed by atoms with E-state index in [1.165, 1.54) is 4.90 Å². The molecule has 3 rings (SSSR count). The number of rotatable bonds is 8. The smallest absolute Gasteiger partial charge is 0.257 e. The van der Waals surface area contributed by atoms with Crippen molar-refractivity contribution in [3.63, 3.8) is 0 Å². The molecule has 2 amide bonds. The van der Waals surface area contributed by atoms with Crippen LogP contribution in [0, 0.1) is 0 Å². The molecule has 0 atom stereocenters. The summed E-state index contributed by atoms with van der Waals surface area (Å²) < 4.78 is 5.56. The van der Waals surface area contributed by atoms with E-state index in [0.29, 0.717) is 18.7 Å². The lowest BCUT2D eigenvalue weighted by atomic mass is 10.3. The fourth-order valence-corrected chi connectivity index (χ4v) is 3.53.